The van der Waals surface area contributed by atoms with Crippen molar-refractivity contribution in [2.75, 3.05) is 6.61 Å². The summed E-state index contributed by atoms with van der Waals surface area (Å²) in [6.45, 7) is 0.594. The molecule has 0 radical (unpaired) electrons. The van der Waals surface area contributed by atoms with Crippen LogP contribution in [0.15, 0.2) is 41.9 Å². The Morgan fingerprint density at radius 1 is 1.10 bits per heavy atom. The number of benzene rings is 1. The number of rotatable bonds is 1. The highest BCUT2D eigenvalue weighted by Crippen LogP contribution is 2.36. The van der Waals surface area contributed by atoms with E-state index in [2.05, 4.69) is 33.2 Å². The highest BCUT2D eigenvalue weighted by Gasteiger charge is 2.39. The number of hydrogen-bond donors (Lipinski definition) is 1. The summed E-state index contributed by atoms with van der Waals surface area (Å²) in [5.74, 6) is 0. The minimum Gasteiger partial charge on any atom is -0.463 e. The van der Waals surface area contributed by atoms with Crippen molar-refractivity contribution in [3.63, 3.8) is 0 Å². The maximum atomic E-state index is 5.69. The van der Waals surface area contributed by atoms with Gasteiger partial charge in [-0.05, 0) is 29.5 Å². The lowest BCUT2D eigenvalue weighted by Gasteiger charge is -2.30. The van der Waals surface area contributed by atoms with Crippen LogP contribution in [0.2, 0.25) is 0 Å². The van der Waals surface area contributed by atoms with Crippen molar-refractivity contribution in [3.8, 4) is 11.1 Å². The quantitative estimate of drug-likeness (QED) is 0.863. The molecule has 0 saturated carbocycles. The SMILES string of the molecule is NC1=N[C@]2(CCc3ccc(-c4cncnc4)cc3C2)CO1. The average Bonchev–Trinajstić information content (AvgIpc) is 2.88. The molecule has 106 valence electrons. The summed E-state index contributed by atoms with van der Waals surface area (Å²) in [6, 6.07) is 6.89. The maximum absolute atomic E-state index is 5.69. The number of nitrogens with two attached hydrogens (primary N) is 1. The van der Waals surface area contributed by atoms with Crippen molar-refractivity contribution in [1.82, 2.24) is 9.97 Å². The molecule has 0 fully saturated rings. The molecule has 2 aromatic rings. The first kappa shape index (κ1) is 12.3. The van der Waals surface area contributed by atoms with Gasteiger partial charge in [-0.15, -0.1) is 0 Å². The molecule has 0 amide bonds. The van der Waals surface area contributed by atoms with Gasteiger partial charge in [0.2, 0.25) is 0 Å². The van der Waals surface area contributed by atoms with Crippen LogP contribution in [0.3, 0.4) is 0 Å². The molecule has 1 aliphatic carbocycles. The molecule has 2 heterocycles. The molecular weight excluding hydrogens is 264 g/mol. The third kappa shape index (κ3) is 2.14. The molecule has 1 spiro atoms. The zero-order chi connectivity index (χ0) is 14.3. The van der Waals surface area contributed by atoms with Crippen LogP contribution in [0.1, 0.15) is 17.5 Å². The Kier molecular flexibility index (Phi) is 2.67. The minimum absolute atomic E-state index is 0.164. The van der Waals surface area contributed by atoms with Crippen LogP contribution < -0.4 is 5.73 Å². The highest BCUT2D eigenvalue weighted by molar-refractivity contribution is 5.74. The Morgan fingerprint density at radius 3 is 2.71 bits per heavy atom. The van der Waals surface area contributed by atoms with Gasteiger partial charge in [-0.1, -0.05) is 18.2 Å². The molecule has 0 unspecified atom stereocenters. The summed E-state index contributed by atoms with van der Waals surface area (Å²) in [7, 11) is 0. The molecule has 5 heteroatoms. The highest BCUT2D eigenvalue weighted by atomic mass is 16.5. The largest absolute Gasteiger partial charge is 0.463 e. The van der Waals surface area contributed by atoms with Crippen LogP contribution in [-0.4, -0.2) is 28.1 Å². The van der Waals surface area contributed by atoms with E-state index in [4.69, 9.17) is 10.5 Å². The molecular formula is C16H16N4O. The number of aryl methyl sites for hydroxylation is 1. The lowest BCUT2D eigenvalue weighted by molar-refractivity contribution is 0.235. The number of hydrogen-bond acceptors (Lipinski definition) is 5. The summed E-state index contributed by atoms with van der Waals surface area (Å²) in [6.07, 6.45) is 8.11. The number of fused-ring (bicyclic) bond motifs is 1. The summed E-state index contributed by atoms with van der Waals surface area (Å²) in [4.78, 5) is 12.7. The molecule has 0 bridgehead atoms. The van der Waals surface area contributed by atoms with Crippen LogP contribution in [0.25, 0.3) is 11.1 Å². The van der Waals surface area contributed by atoms with Crippen LogP contribution in [0, 0.1) is 0 Å². The number of aromatic nitrogens is 2. The average molecular weight is 280 g/mol. The predicted molar refractivity (Wildman–Crippen MR) is 79.8 cm³/mol. The smallest absolute Gasteiger partial charge is 0.282 e. The molecule has 2 N–H and O–H groups in total. The zero-order valence-corrected chi connectivity index (χ0v) is 11.6. The Balaban J connectivity index is 1.71. The van der Waals surface area contributed by atoms with Gasteiger partial charge in [0, 0.05) is 24.4 Å². The van der Waals surface area contributed by atoms with Crippen molar-refractivity contribution in [2.45, 2.75) is 24.8 Å². The Morgan fingerprint density at radius 2 is 1.95 bits per heavy atom. The van der Waals surface area contributed by atoms with Gasteiger partial charge in [-0.25, -0.2) is 15.0 Å². The predicted octanol–water partition coefficient (Wildman–Crippen LogP) is 1.72. The second kappa shape index (κ2) is 4.55. The number of amidine groups is 1. The van der Waals surface area contributed by atoms with Crippen LogP contribution in [0.5, 0.6) is 0 Å². The molecule has 1 aromatic heterocycles. The normalized spacial score (nSPS) is 23.5. The van der Waals surface area contributed by atoms with Gasteiger partial charge < -0.3 is 10.5 Å². The van der Waals surface area contributed by atoms with E-state index in [0.717, 1.165) is 30.4 Å². The van der Waals surface area contributed by atoms with Crippen LogP contribution in [-0.2, 0) is 17.6 Å². The van der Waals surface area contributed by atoms with Crippen molar-refractivity contribution in [2.24, 2.45) is 10.7 Å². The monoisotopic (exact) mass is 280 g/mol. The van der Waals surface area contributed by atoms with Gasteiger partial charge in [-0.2, -0.15) is 0 Å². The molecule has 0 saturated heterocycles. The molecule has 1 aliphatic heterocycles. The van der Waals surface area contributed by atoms with E-state index in [9.17, 15) is 0 Å². The van der Waals surface area contributed by atoms with E-state index in [1.165, 1.54) is 11.1 Å². The van der Waals surface area contributed by atoms with E-state index in [1.54, 1.807) is 6.33 Å². The summed E-state index contributed by atoms with van der Waals surface area (Å²) in [5.41, 5.74) is 10.4. The number of aliphatic imine (C=N–C) groups is 1. The van der Waals surface area contributed by atoms with Crippen molar-refractivity contribution in [3.05, 3.63) is 48.0 Å². The molecule has 1 aromatic carbocycles. The third-order valence-corrected chi connectivity index (χ3v) is 4.32. The lowest BCUT2D eigenvalue weighted by atomic mass is 9.78. The third-order valence-electron chi connectivity index (χ3n) is 4.32. The second-order valence-corrected chi connectivity index (χ2v) is 5.75. The maximum Gasteiger partial charge on any atom is 0.282 e. The van der Waals surface area contributed by atoms with Crippen LogP contribution >= 0.6 is 0 Å². The molecule has 2 aliphatic rings. The Labute approximate surface area is 122 Å². The van der Waals surface area contributed by atoms with E-state index in [-0.39, 0.29) is 5.54 Å². The first-order valence-corrected chi connectivity index (χ1v) is 7.09. The fraction of sp³-hybridized carbons (Fsp3) is 0.312. The fourth-order valence-electron chi connectivity index (χ4n) is 3.20. The molecule has 4 rings (SSSR count). The first-order valence-electron chi connectivity index (χ1n) is 7.09. The molecule has 5 nitrogen and oxygen atoms in total. The van der Waals surface area contributed by atoms with Crippen molar-refractivity contribution < 1.29 is 4.74 Å². The second-order valence-electron chi connectivity index (χ2n) is 5.75. The van der Waals surface area contributed by atoms with E-state index < -0.39 is 0 Å². The van der Waals surface area contributed by atoms with Gasteiger partial charge >= 0.3 is 0 Å². The van der Waals surface area contributed by atoms with Gasteiger partial charge in [-0.3, -0.25) is 0 Å². The summed E-state index contributed by atoms with van der Waals surface area (Å²) < 4.78 is 5.38. The first-order chi connectivity index (χ1) is 10.2. The van der Waals surface area contributed by atoms with E-state index in [1.807, 2.05) is 12.4 Å². The Hall–Kier alpha value is -2.43. The minimum atomic E-state index is -0.164. The van der Waals surface area contributed by atoms with E-state index >= 15 is 0 Å². The standard InChI is InChI=1S/C16H16N4O/c17-15-20-16(9-21-15)4-3-11-1-2-12(5-13(11)6-16)14-7-18-10-19-8-14/h1-2,5,7-8,10H,3-4,6,9H2,(H2,17,20)/t16-/m0/s1. The van der Waals surface area contributed by atoms with Crippen LogP contribution in [0.4, 0.5) is 0 Å². The van der Waals surface area contributed by atoms with Gasteiger partial charge in [0.25, 0.3) is 6.02 Å². The van der Waals surface area contributed by atoms with Gasteiger partial charge in [0.1, 0.15) is 18.5 Å². The van der Waals surface area contributed by atoms with Gasteiger partial charge in [0.15, 0.2) is 0 Å². The van der Waals surface area contributed by atoms with Crippen molar-refractivity contribution >= 4 is 6.02 Å². The molecule has 1 atom stereocenters. The molecule has 21 heavy (non-hydrogen) atoms. The van der Waals surface area contributed by atoms with Gasteiger partial charge in [0.05, 0.1) is 0 Å². The summed E-state index contributed by atoms with van der Waals surface area (Å²) in [5, 5.41) is 0. The van der Waals surface area contributed by atoms with E-state index in [0.29, 0.717) is 12.6 Å². The zero-order valence-electron chi connectivity index (χ0n) is 11.6. The number of ether oxygens (including phenoxy) is 1. The lowest BCUT2D eigenvalue weighted by Crippen LogP contribution is -2.35. The topological polar surface area (TPSA) is 73.4 Å². The Bertz CT molecular complexity index is 713. The summed E-state index contributed by atoms with van der Waals surface area (Å²) >= 11 is 0. The number of nitrogens with zero attached hydrogens (tertiary/aromatic N) is 3. The fourth-order valence-corrected chi connectivity index (χ4v) is 3.20. The van der Waals surface area contributed by atoms with Crippen molar-refractivity contribution in [1.29, 1.82) is 0 Å².